The Hall–Kier alpha value is -0.240. The van der Waals surface area contributed by atoms with Gasteiger partial charge in [0.05, 0.1) is 29.5 Å². The van der Waals surface area contributed by atoms with E-state index in [0.717, 1.165) is 30.6 Å². The normalized spacial score (nSPS) is 48.4. The monoisotopic (exact) mass is 453 g/mol. The fourth-order valence-corrected chi connectivity index (χ4v) is 8.51. The summed E-state index contributed by atoms with van der Waals surface area (Å²) >= 11 is 0. The lowest BCUT2D eigenvalue weighted by Crippen LogP contribution is -2.37. The third-order valence-corrected chi connectivity index (χ3v) is 9.86. The van der Waals surface area contributed by atoms with Crippen LogP contribution in [0.1, 0.15) is 74.1 Å². The fourth-order valence-electron chi connectivity index (χ4n) is 7.45. The van der Waals surface area contributed by atoms with E-state index in [0.29, 0.717) is 31.1 Å². The van der Waals surface area contributed by atoms with Crippen LogP contribution in [0.2, 0.25) is 0 Å². The van der Waals surface area contributed by atoms with E-state index < -0.39 is 8.38 Å². The minimum atomic E-state index is -0.915. The highest BCUT2D eigenvalue weighted by Crippen LogP contribution is 2.58. The number of rotatable bonds is 7. The maximum atomic E-state index is 6.75. The molecular weight excluding hydrogens is 409 g/mol. The molecule has 178 valence electrons. The van der Waals surface area contributed by atoms with Crippen molar-refractivity contribution in [2.75, 3.05) is 19.8 Å². The smallest absolute Gasteiger partial charge is 0.238 e. The predicted octanol–water partition coefficient (Wildman–Crippen LogP) is 6.32. The summed E-state index contributed by atoms with van der Waals surface area (Å²) in [6.07, 6.45) is 5.51. The van der Waals surface area contributed by atoms with Crippen LogP contribution in [0.3, 0.4) is 0 Å². The Bertz CT molecular complexity index is 628. The second kappa shape index (κ2) is 9.94. The van der Waals surface area contributed by atoms with Crippen molar-refractivity contribution in [1.82, 2.24) is 0 Å². The molecule has 0 aromatic rings. The molecule has 2 saturated carbocycles. The maximum absolute atomic E-state index is 6.75. The zero-order valence-electron chi connectivity index (χ0n) is 20.9. The van der Waals surface area contributed by atoms with Gasteiger partial charge >= 0.3 is 0 Å². The number of nitrogens with zero attached hydrogens (tertiary/aromatic N) is 1. The van der Waals surface area contributed by atoms with Crippen LogP contribution in [0.25, 0.3) is 4.85 Å². The van der Waals surface area contributed by atoms with Gasteiger partial charge in [-0.05, 0) is 63.2 Å². The van der Waals surface area contributed by atoms with Crippen molar-refractivity contribution in [2.24, 2.45) is 29.6 Å². The van der Waals surface area contributed by atoms with Gasteiger partial charge in [-0.2, -0.15) is 0 Å². The van der Waals surface area contributed by atoms with Crippen molar-refractivity contribution in [3.8, 4) is 0 Å². The Morgan fingerprint density at radius 1 is 0.935 bits per heavy atom. The topological polar surface area (TPSA) is 41.3 Å². The fraction of sp³-hybridized carbons (Fsp3) is 0.960. The van der Waals surface area contributed by atoms with Crippen molar-refractivity contribution >= 4 is 8.38 Å². The van der Waals surface area contributed by atoms with Gasteiger partial charge in [-0.1, -0.05) is 34.6 Å². The quantitative estimate of drug-likeness (QED) is 0.257. The summed E-state index contributed by atoms with van der Waals surface area (Å²) in [6.45, 7) is 25.5. The molecule has 0 radical (unpaired) electrons. The summed E-state index contributed by atoms with van der Waals surface area (Å²) in [5, 5.41) is 0. The average Bonchev–Trinajstić information content (AvgIpc) is 3.32. The number of fused-ring (bicyclic) bond motifs is 4. The van der Waals surface area contributed by atoms with Crippen LogP contribution in [-0.2, 0) is 18.5 Å². The molecule has 2 aliphatic carbocycles. The van der Waals surface area contributed by atoms with E-state index in [4.69, 9.17) is 25.1 Å². The van der Waals surface area contributed by atoms with Crippen LogP contribution in [0.5, 0.6) is 0 Å². The Morgan fingerprint density at radius 2 is 1.48 bits per heavy atom. The molecule has 2 saturated heterocycles. The molecule has 31 heavy (non-hydrogen) atoms. The molecule has 0 aromatic carbocycles. The molecule has 3 unspecified atom stereocenters. The van der Waals surface area contributed by atoms with Gasteiger partial charge < -0.3 is 23.4 Å². The summed E-state index contributed by atoms with van der Waals surface area (Å²) in [5.41, 5.74) is 0.146. The first-order valence-corrected chi connectivity index (χ1v) is 14.0. The van der Waals surface area contributed by atoms with Crippen LogP contribution < -0.4 is 0 Å². The molecule has 2 heterocycles. The third-order valence-electron chi connectivity index (χ3n) is 8.78. The van der Waals surface area contributed by atoms with Crippen LogP contribution in [-0.4, -0.2) is 49.3 Å². The van der Waals surface area contributed by atoms with Gasteiger partial charge in [0.2, 0.25) is 6.54 Å². The Balaban J connectivity index is 0.000000194. The summed E-state index contributed by atoms with van der Waals surface area (Å²) in [5.74, 6) is 3.62. The molecular formula is C25H44NO4P. The summed E-state index contributed by atoms with van der Waals surface area (Å²) < 4.78 is 24.1. The van der Waals surface area contributed by atoms with Gasteiger partial charge in [-0.3, -0.25) is 0 Å². The highest BCUT2D eigenvalue weighted by molar-refractivity contribution is 7.46. The third kappa shape index (κ3) is 4.58. The van der Waals surface area contributed by atoms with E-state index in [1.807, 2.05) is 6.66 Å². The molecule has 0 N–H and O–H groups in total. The van der Waals surface area contributed by atoms with Gasteiger partial charge in [0, 0.05) is 12.6 Å². The van der Waals surface area contributed by atoms with Gasteiger partial charge in [0.1, 0.15) is 6.61 Å². The molecule has 4 bridgehead atoms. The largest absolute Gasteiger partial charge is 0.371 e. The minimum Gasteiger partial charge on any atom is -0.371 e. The summed E-state index contributed by atoms with van der Waals surface area (Å²) in [6, 6.07) is 0. The molecule has 6 heteroatoms. The Labute approximate surface area is 191 Å². The van der Waals surface area contributed by atoms with Gasteiger partial charge in [-0.15, -0.1) is 0 Å². The minimum absolute atomic E-state index is 0.108. The highest BCUT2D eigenvalue weighted by atomic mass is 31.2. The van der Waals surface area contributed by atoms with Gasteiger partial charge in [0.15, 0.2) is 8.38 Å². The maximum Gasteiger partial charge on any atom is 0.238 e. The zero-order valence-corrected chi connectivity index (χ0v) is 21.8. The van der Waals surface area contributed by atoms with Crippen molar-refractivity contribution in [3.05, 3.63) is 11.4 Å². The van der Waals surface area contributed by atoms with Crippen LogP contribution in [0, 0.1) is 36.2 Å². The van der Waals surface area contributed by atoms with Crippen molar-refractivity contribution < 1.29 is 18.5 Å². The van der Waals surface area contributed by atoms with E-state index in [1.54, 1.807) is 0 Å². The number of hydrogen-bond donors (Lipinski definition) is 0. The summed E-state index contributed by atoms with van der Waals surface area (Å²) in [7, 11) is -0.915. The molecule has 5 nitrogen and oxygen atoms in total. The summed E-state index contributed by atoms with van der Waals surface area (Å²) in [4.78, 5) is 3.29. The predicted molar refractivity (Wildman–Crippen MR) is 126 cm³/mol. The molecule has 4 aliphatic rings. The second-order valence-corrected chi connectivity index (χ2v) is 11.8. The van der Waals surface area contributed by atoms with Crippen molar-refractivity contribution in [3.63, 3.8) is 0 Å². The molecule has 0 spiro atoms. The first-order chi connectivity index (χ1) is 14.6. The Morgan fingerprint density at radius 3 is 1.97 bits per heavy atom. The molecule has 4 fully saturated rings. The van der Waals surface area contributed by atoms with E-state index in [1.165, 1.54) is 12.8 Å². The van der Waals surface area contributed by atoms with E-state index in [2.05, 4.69) is 53.3 Å². The number of ether oxygens (including phenoxy) is 2. The van der Waals surface area contributed by atoms with E-state index >= 15 is 0 Å². The zero-order chi connectivity index (χ0) is 23.0. The average molecular weight is 454 g/mol. The van der Waals surface area contributed by atoms with Gasteiger partial charge in [0.25, 0.3) is 0 Å². The SMILES string of the molecule is CC[C@]12CC(C)[C@H]([C@H](C)O1)[C@H]2C.[C-]#[N+]CCOP(C)O[C@@H]1[C@@H]2C(C)C[C@@]1(CC)O[C@H]2C. The first-order valence-electron chi connectivity index (χ1n) is 12.4. The first kappa shape index (κ1) is 25.4. The van der Waals surface area contributed by atoms with E-state index in [-0.39, 0.29) is 23.4 Å². The van der Waals surface area contributed by atoms with Crippen molar-refractivity contribution in [1.29, 1.82) is 0 Å². The Kier molecular flexibility index (Phi) is 8.14. The lowest BCUT2D eigenvalue weighted by molar-refractivity contribution is -0.0927. The second-order valence-electron chi connectivity index (χ2n) is 10.5. The molecule has 0 aromatic heterocycles. The standard InChI is InChI=1S/C14H24NO3P.C11H20O/c1-6-14-9-10(2)12(11(3)17-14)13(14)18-19(5)16-8-7-15-4;1-5-11-6-7(2)10(8(11)3)9(4)12-11/h10-13H,6-9H2,1-3,5H3;7-10H,5-6H2,1-4H3/t10?,11-,12+,13+,14+,19?;7?,8-,9+,10+,11-/m01/s1. The highest BCUT2D eigenvalue weighted by Gasteiger charge is 2.62. The number of hydrogen-bond acceptors (Lipinski definition) is 4. The van der Waals surface area contributed by atoms with Crippen LogP contribution in [0.15, 0.2) is 0 Å². The molecule has 2 aliphatic heterocycles. The lowest BCUT2D eigenvalue weighted by Gasteiger charge is -2.32. The molecule has 4 rings (SSSR count). The van der Waals surface area contributed by atoms with Crippen molar-refractivity contribution in [2.45, 2.75) is 104 Å². The molecule has 11 atom stereocenters. The van der Waals surface area contributed by atoms with E-state index in [9.17, 15) is 0 Å². The lowest BCUT2D eigenvalue weighted by atomic mass is 9.86. The van der Waals surface area contributed by atoms with Gasteiger partial charge in [-0.25, -0.2) is 6.57 Å². The van der Waals surface area contributed by atoms with Crippen LogP contribution in [0.4, 0.5) is 0 Å². The molecule has 0 amide bonds. The van der Waals surface area contributed by atoms with Crippen LogP contribution >= 0.6 is 8.38 Å².